The van der Waals surface area contributed by atoms with Gasteiger partial charge in [-0.05, 0) is 53.9 Å². The Kier molecular flexibility index (Phi) is 6.21. The Hall–Kier alpha value is 0.230. The Bertz CT molecular complexity index is 586. The molecule has 1 atom stereocenters. The first-order valence-corrected chi connectivity index (χ1v) is 8.89. The van der Waals surface area contributed by atoms with E-state index in [1.54, 1.807) is 24.6 Å². The van der Waals surface area contributed by atoms with Gasteiger partial charge in [-0.2, -0.15) is 5.10 Å². The second-order valence-corrected chi connectivity index (χ2v) is 8.58. The van der Waals surface area contributed by atoms with Crippen molar-refractivity contribution in [3.05, 3.63) is 35.6 Å². The number of hydrazine groups is 1. The van der Waals surface area contributed by atoms with Gasteiger partial charge in [0, 0.05) is 12.7 Å². The van der Waals surface area contributed by atoms with Crippen molar-refractivity contribution >= 4 is 59.1 Å². The highest BCUT2D eigenvalue weighted by Gasteiger charge is 2.24. The van der Waals surface area contributed by atoms with E-state index in [0.29, 0.717) is 13.2 Å². The van der Waals surface area contributed by atoms with E-state index in [2.05, 4.69) is 58.3 Å². The maximum absolute atomic E-state index is 5.77. The first-order valence-electron chi connectivity index (χ1n) is 5.69. The molecule has 0 radical (unpaired) electrons. The van der Waals surface area contributed by atoms with E-state index in [9.17, 15) is 0 Å². The minimum atomic E-state index is -0.166. The van der Waals surface area contributed by atoms with E-state index >= 15 is 0 Å². The SMILES string of the molecule is COCCn1ncc(Br)c1C(NN)c1cc(Br)sc1Br. The Balaban J connectivity index is 2.41. The normalized spacial score (nSPS) is 12.8. The molecule has 1 unspecified atom stereocenters. The average Bonchev–Trinajstić information content (AvgIpc) is 2.93. The molecule has 0 aliphatic heterocycles. The Morgan fingerprint density at radius 3 is 2.80 bits per heavy atom. The lowest BCUT2D eigenvalue weighted by molar-refractivity contribution is 0.182. The second kappa shape index (κ2) is 7.48. The van der Waals surface area contributed by atoms with Crippen molar-refractivity contribution in [3.63, 3.8) is 0 Å². The number of methoxy groups -OCH3 is 1. The second-order valence-electron chi connectivity index (χ2n) is 3.97. The van der Waals surface area contributed by atoms with Gasteiger partial charge < -0.3 is 4.74 Å². The molecule has 9 heteroatoms. The zero-order valence-corrected chi connectivity index (χ0v) is 16.1. The van der Waals surface area contributed by atoms with Crippen LogP contribution >= 0.6 is 59.1 Å². The first-order chi connectivity index (χ1) is 9.58. The van der Waals surface area contributed by atoms with Gasteiger partial charge in [0.15, 0.2) is 0 Å². The molecule has 0 saturated carbocycles. The number of nitrogens with zero attached hydrogens (tertiary/aromatic N) is 2. The lowest BCUT2D eigenvalue weighted by Crippen LogP contribution is -2.31. The number of aromatic nitrogens is 2. The molecule has 20 heavy (non-hydrogen) atoms. The fraction of sp³-hybridized carbons (Fsp3) is 0.364. The molecule has 0 spiro atoms. The van der Waals surface area contributed by atoms with Crippen molar-refractivity contribution in [2.24, 2.45) is 5.84 Å². The maximum atomic E-state index is 5.77. The van der Waals surface area contributed by atoms with Gasteiger partial charge in [0.1, 0.15) is 0 Å². The predicted molar refractivity (Wildman–Crippen MR) is 90.7 cm³/mol. The van der Waals surface area contributed by atoms with E-state index in [0.717, 1.165) is 23.3 Å². The molecule has 2 aromatic heterocycles. The van der Waals surface area contributed by atoms with Gasteiger partial charge in [0.25, 0.3) is 0 Å². The lowest BCUT2D eigenvalue weighted by Gasteiger charge is -2.18. The Morgan fingerprint density at radius 1 is 1.50 bits per heavy atom. The summed E-state index contributed by atoms with van der Waals surface area (Å²) in [6.45, 7) is 1.26. The molecule has 0 bridgehead atoms. The topological polar surface area (TPSA) is 65.1 Å². The van der Waals surface area contributed by atoms with Crippen LogP contribution in [0, 0.1) is 0 Å². The average molecular weight is 489 g/mol. The molecule has 0 aliphatic carbocycles. The molecular weight excluding hydrogens is 476 g/mol. The van der Waals surface area contributed by atoms with E-state index in [4.69, 9.17) is 10.6 Å². The smallest absolute Gasteiger partial charge is 0.0909 e. The molecule has 2 heterocycles. The number of hydrogen-bond acceptors (Lipinski definition) is 5. The third-order valence-corrected chi connectivity index (χ3v) is 5.77. The van der Waals surface area contributed by atoms with E-state index in [1.165, 1.54) is 0 Å². The highest BCUT2D eigenvalue weighted by atomic mass is 79.9. The van der Waals surface area contributed by atoms with Crippen LogP contribution in [0.3, 0.4) is 0 Å². The van der Waals surface area contributed by atoms with Crippen LogP contribution in [0.2, 0.25) is 0 Å². The van der Waals surface area contributed by atoms with Gasteiger partial charge in [0.2, 0.25) is 0 Å². The van der Waals surface area contributed by atoms with Crippen LogP contribution in [0.4, 0.5) is 0 Å². The minimum absolute atomic E-state index is 0.166. The summed E-state index contributed by atoms with van der Waals surface area (Å²) in [5, 5.41) is 4.35. The number of rotatable bonds is 6. The quantitative estimate of drug-likeness (QED) is 0.483. The van der Waals surface area contributed by atoms with Gasteiger partial charge in [-0.3, -0.25) is 10.5 Å². The van der Waals surface area contributed by atoms with E-state index < -0.39 is 0 Å². The minimum Gasteiger partial charge on any atom is -0.383 e. The van der Waals surface area contributed by atoms with Crippen LogP contribution < -0.4 is 11.3 Å². The number of ether oxygens (including phenoxy) is 1. The summed E-state index contributed by atoms with van der Waals surface area (Å²) in [5.41, 5.74) is 4.88. The Morgan fingerprint density at radius 2 is 2.25 bits per heavy atom. The van der Waals surface area contributed by atoms with Gasteiger partial charge in [-0.15, -0.1) is 11.3 Å². The van der Waals surface area contributed by atoms with Crippen molar-refractivity contribution in [1.82, 2.24) is 15.2 Å². The maximum Gasteiger partial charge on any atom is 0.0909 e. The number of hydrogen-bond donors (Lipinski definition) is 2. The van der Waals surface area contributed by atoms with Crippen LogP contribution in [0.1, 0.15) is 17.3 Å². The molecule has 0 aliphatic rings. The van der Waals surface area contributed by atoms with Gasteiger partial charge >= 0.3 is 0 Å². The van der Waals surface area contributed by atoms with E-state index in [-0.39, 0.29) is 6.04 Å². The molecule has 2 rings (SSSR count). The first kappa shape index (κ1) is 16.6. The van der Waals surface area contributed by atoms with Crippen LogP contribution in [0.5, 0.6) is 0 Å². The van der Waals surface area contributed by atoms with Crippen LogP contribution in [0.25, 0.3) is 0 Å². The zero-order valence-electron chi connectivity index (χ0n) is 10.6. The number of nitrogens with one attached hydrogen (secondary N) is 1. The lowest BCUT2D eigenvalue weighted by atomic mass is 10.1. The van der Waals surface area contributed by atoms with Crippen molar-refractivity contribution in [3.8, 4) is 0 Å². The zero-order chi connectivity index (χ0) is 14.7. The van der Waals surface area contributed by atoms with Crippen LogP contribution in [-0.4, -0.2) is 23.5 Å². The molecule has 110 valence electrons. The summed E-state index contributed by atoms with van der Waals surface area (Å²) in [6.07, 6.45) is 1.77. The standard InChI is InChI=1S/C11H13Br3N4OS/c1-19-3-2-18-10(7(12)5-16-18)9(17-15)6-4-8(13)20-11(6)14/h4-5,9,17H,2-3,15H2,1H3. The molecule has 2 aromatic rings. The molecule has 0 fully saturated rings. The number of halogens is 3. The van der Waals surface area contributed by atoms with Crippen molar-refractivity contribution in [2.75, 3.05) is 13.7 Å². The highest BCUT2D eigenvalue weighted by molar-refractivity contribution is 9.12. The monoisotopic (exact) mass is 486 g/mol. The van der Waals surface area contributed by atoms with Crippen molar-refractivity contribution in [2.45, 2.75) is 12.6 Å². The summed E-state index contributed by atoms with van der Waals surface area (Å²) >= 11 is 12.2. The van der Waals surface area contributed by atoms with Crippen molar-refractivity contribution in [1.29, 1.82) is 0 Å². The largest absolute Gasteiger partial charge is 0.383 e. The Labute approximate surface area is 146 Å². The van der Waals surface area contributed by atoms with Crippen LogP contribution in [-0.2, 0) is 11.3 Å². The number of thiophene rings is 1. The summed E-state index contributed by atoms with van der Waals surface area (Å²) in [4.78, 5) is 0. The summed E-state index contributed by atoms with van der Waals surface area (Å²) in [7, 11) is 1.67. The van der Waals surface area contributed by atoms with Crippen LogP contribution in [0.15, 0.2) is 24.3 Å². The van der Waals surface area contributed by atoms with E-state index in [1.807, 2.05) is 10.7 Å². The third-order valence-electron chi connectivity index (χ3n) is 2.77. The third kappa shape index (κ3) is 3.52. The van der Waals surface area contributed by atoms with Crippen molar-refractivity contribution < 1.29 is 4.74 Å². The molecule has 5 nitrogen and oxygen atoms in total. The van der Waals surface area contributed by atoms with Gasteiger partial charge in [-0.25, -0.2) is 5.43 Å². The van der Waals surface area contributed by atoms with Gasteiger partial charge in [0.05, 0.1) is 43.1 Å². The summed E-state index contributed by atoms with van der Waals surface area (Å²) < 4.78 is 9.97. The number of nitrogens with two attached hydrogens (primary N) is 1. The molecule has 0 amide bonds. The summed E-state index contributed by atoms with van der Waals surface area (Å²) in [5.74, 6) is 5.77. The van der Waals surface area contributed by atoms with Gasteiger partial charge in [-0.1, -0.05) is 0 Å². The highest BCUT2D eigenvalue weighted by Crippen LogP contribution is 2.39. The molecule has 3 N–H and O–H groups in total. The fourth-order valence-corrected chi connectivity index (χ4v) is 5.31. The predicted octanol–water partition coefficient (Wildman–Crippen LogP) is 3.43. The molecular formula is C11H13Br3N4OS. The fourth-order valence-electron chi connectivity index (χ4n) is 1.88. The molecule has 0 saturated heterocycles. The molecule has 0 aromatic carbocycles. The summed E-state index contributed by atoms with van der Waals surface area (Å²) in [6, 6.07) is 1.87.